The Labute approximate surface area is 213 Å². The zero-order chi connectivity index (χ0) is 26.9. The van der Waals surface area contributed by atoms with Crippen LogP contribution in [-0.4, -0.2) is 48.0 Å². The molecule has 0 radical (unpaired) electrons. The van der Waals surface area contributed by atoms with E-state index in [4.69, 9.17) is 9.47 Å². The lowest BCUT2D eigenvalue weighted by atomic mass is 10.1. The van der Waals surface area contributed by atoms with Crippen LogP contribution in [0.15, 0.2) is 59.7 Å². The van der Waals surface area contributed by atoms with Crippen molar-refractivity contribution in [2.75, 3.05) is 13.4 Å². The predicted octanol–water partition coefficient (Wildman–Crippen LogP) is 3.71. The number of carbonyl (C=O) groups excluding carboxylic acids is 4. The molecule has 3 rings (SSSR count). The van der Waals surface area contributed by atoms with Crippen LogP contribution in [0, 0.1) is 13.8 Å². The molecule has 0 aliphatic heterocycles. The van der Waals surface area contributed by atoms with E-state index in [1.54, 1.807) is 31.2 Å². The standard InChI is InChI=1S/C27H27N3O7/c1-5-35-27(34)23-12-11-21(14-24(23)30-17(2)9-10-18(30)3)25(32)29-28-15-20-7-6-8-22(13-20)26(33)37-16-36-19(4)31/h6-15H,5,16H2,1-4H3,(H,29,32)/b28-15+. The average Bonchev–Trinajstić information content (AvgIpc) is 3.21. The van der Waals surface area contributed by atoms with Crippen molar-refractivity contribution in [1.82, 2.24) is 9.99 Å². The molecule has 10 nitrogen and oxygen atoms in total. The topological polar surface area (TPSA) is 125 Å². The zero-order valence-electron chi connectivity index (χ0n) is 20.9. The molecule has 0 bridgehead atoms. The summed E-state index contributed by atoms with van der Waals surface area (Å²) in [6.07, 6.45) is 1.37. The predicted molar refractivity (Wildman–Crippen MR) is 135 cm³/mol. The smallest absolute Gasteiger partial charge is 0.341 e. The molecule has 0 atom stereocenters. The third kappa shape index (κ3) is 6.91. The lowest BCUT2D eigenvalue weighted by Crippen LogP contribution is -2.19. The number of hydrazone groups is 1. The Morgan fingerprint density at radius 2 is 1.62 bits per heavy atom. The van der Waals surface area contributed by atoms with Gasteiger partial charge in [-0.05, 0) is 68.8 Å². The highest BCUT2D eigenvalue weighted by atomic mass is 16.7. The number of carbonyl (C=O) groups is 4. The van der Waals surface area contributed by atoms with Gasteiger partial charge in [-0.1, -0.05) is 12.1 Å². The average molecular weight is 506 g/mol. The summed E-state index contributed by atoms with van der Waals surface area (Å²) in [5.41, 5.74) is 6.13. The highest BCUT2D eigenvalue weighted by Gasteiger charge is 2.19. The minimum absolute atomic E-state index is 0.221. The number of hydrogen-bond donors (Lipinski definition) is 1. The SMILES string of the molecule is CCOC(=O)c1ccc(C(=O)N/N=C/c2cccc(C(=O)OCOC(C)=O)c2)cc1-n1c(C)ccc1C. The van der Waals surface area contributed by atoms with E-state index in [9.17, 15) is 19.2 Å². The van der Waals surface area contributed by atoms with Crippen molar-refractivity contribution < 1.29 is 33.4 Å². The van der Waals surface area contributed by atoms with Gasteiger partial charge < -0.3 is 18.8 Å². The van der Waals surface area contributed by atoms with Gasteiger partial charge in [0, 0.05) is 23.9 Å². The summed E-state index contributed by atoms with van der Waals surface area (Å²) in [7, 11) is 0. The molecule has 37 heavy (non-hydrogen) atoms. The van der Waals surface area contributed by atoms with E-state index in [-0.39, 0.29) is 17.7 Å². The number of benzene rings is 2. The van der Waals surface area contributed by atoms with E-state index < -0.39 is 30.6 Å². The number of ether oxygens (including phenoxy) is 3. The number of amides is 1. The Kier molecular flexibility index (Phi) is 8.93. The summed E-state index contributed by atoms with van der Waals surface area (Å²) < 4.78 is 16.5. The van der Waals surface area contributed by atoms with Crippen LogP contribution in [-0.2, 0) is 19.0 Å². The molecule has 1 heterocycles. The fraction of sp³-hybridized carbons (Fsp3) is 0.222. The van der Waals surface area contributed by atoms with E-state index in [1.807, 2.05) is 30.5 Å². The van der Waals surface area contributed by atoms with Crippen molar-refractivity contribution in [2.45, 2.75) is 27.7 Å². The molecular formula is C27H27N3O7. The van der Waals surface area contributed by atoms with Gasteiger partial charge in [-0.15, -0.1) is 0 Å². The van der Waals surface area contributed by atoms with Crippen molar-refractivity contribution >= 4 is 30.0 Å². The van der Waals surface area contributed by atoms with Crippen LogP contribution in [0.1, 0.15) is 61.9 Å². The molecule has 3 aromatic rings. The molecule has 0 spiro atoms. The quantitative estimate of drug-likeness (QED) is 0.203. The molecule has 1 aromatic heterocycles. The summed E-state index contributed by atoms with van der Waals surface area (Å²) in [4.78, 5) is 48.2. The molecule has 0 saturated carbocycles. The summed E-state index contributed by atoms with van der Waals surface area (Å²) in [5, 5.41) is 3.97. The van der Waals surface area contributed by atoms with Gasteiger partial charge in [-0.3, -0.25) is 9.59 Å². The second kappa shape index (κ2) is 12.3. The first-order valence-electron chi connectivity index (χ1n) is 11.4. The minimum Gasteiger partial charge on any atom is -0.462 e. The van der Waals surface area contributed by atoms with Crippen molar-refractivity contribution in [3.05, 3.63) is 88.2 Å². The summed E-state index contributed by atoms with van der Waals surface area (Å²) >= 11 is 0. The van der Waals surface area contributed by atoms with Crippen molar-refractivity contribution in [2.24, 2.45) is 5.10 Å². The van der Waals surface area contributed by atoms with Gasteiger partial charge in [0.1, 0.15) is 0 Å². The third-order valence-electron chi connectivity index (χ3n) is 5.22. The molecule has 0 aliphatic carbocycles. The number of aryl methyl sites for hydroxylation is 2. The molecule has 0 fully saturated rings. The fourth-order valence-electron chi connectivity index (χ4n) is 3.51. The lowest BCUT2D eigenvalue weighted by molar-refractivity contribution is -0.149. The highest BCUT2D eigenvalue weighted by molar-refractivity contribution is 5.99. The van der Waals surface area contributed by atoms with Gasteiger partial charge in [-0.25, -0.2) is 15.0 Å². The first kappa shape index (κ1) is 26.9. The van der Waals surface area contributed by atoms with Gasteiger partial charge in [0.2, 0.25) is 6.79 Å². The van der Waals surface area contributed by atoms with Crippen LogP contribution in [0.25, 0.3) is 5.69 Å². The summed E-state index contributed by atoms with van der Waals surface area (Å²) in [5.74, 6) is -2.22. The summed E-state index contributed by atoms with van der Waals surface area (Å²) in [6.45, 7) is 6.48. The molecule has 2 aromatic carbocycles. The molecule has 0 saturated heterocycles. The first-order valence-corrected chi connectivity index (χ1v) is 11.4. The van der Waals surface area contributed by atoms with Crippen molar-refractivity contribution in [3.8, 4) is 5.69 Å². The maximum atomic E-state index is 12.8. The Morgan fingerprint density at radius 1 is 0.892 bits per heavy atom. The Hall–Kier alpha value is -4.73. The summed E-state index contributed by atoms with van der Waals surface area (Å²) in [6, 6.07) is 14.9. The minimum atomic E-state index is -0.676. The second-order valence-corrected chi connectivity index (χ2v) is 7.91. The maximum absolute atomic E-state index is 12.8. The molecule has 192 valence electrons. The van der Waals surface area contributed by atoms with Crippen LogP contribution >= 0.6 is 0 Å². The van der Waals surface area contributed by atoms with Crippen LogP contribution in [0.4, 0.5) is 0 Å². The Bertz CT molecular complexity index is 1340. The van der Waals surface area contributed by atoms with Crippen LogP contribution in [0.3, 0.4) is 0 Å². The van der Waals surface area contributed by atoms with E-state index in [1.165, 1.54) is 31.3 Å². The molecule has 10 heteroatoms. The first-order chi connectivity index (χ1) is 17.7. The monoisotopic (exact) mass is 505 g/mol. The molecular weight excluding hydrogens is 478 g/mol. The van der Waals surface area contributed by atoms with Crippen LogP contribution in [0.5, 0.6) is 0 Å². The largest absolute Gasteiger partial charge is 0.462 e. The number of rotatable bonds is 9. The number of nitrogens with zero attached hydrogens (tertiary/aromatic N) is 2. The maximum Gasteiger partial charge on any atom is 0.341 e. The number of esters is 3. The molecule has 1 amide bonds. The van der Waals surface area contributed by atoms with E-state index in [0.717, 1.165) is 11.4 Å². The fourth-order valence-corrected chi connectivity index (χ4v) is 3.51. The second-order valence-electron chi connectivity index (χ2n) is 7.91. The Morgan fingerprint density at radius 3 is 2.30 bits per heavy atom. The number of hydrogen-bond acceptors (Lipinski definition) is 8. The number of nitrogens with one attached hydrogen (secondary N) is 1. The molecule has 0 unspecified atom stereocenters. The van der Waals surface area contributed by atoms with Crippen molar-refractivity contribution in [1.29, 1.82) is 0 Å². The van der Waals surface area contributed by atoms with Crippen molar-refractivity contribution in [3.63, 3.8) is 0 Å². The molecule has 1 N–H and O–H groups in total. The van der Waals surface area contributed by atoms with E-state index in [2.05, 4.69) is 15.3 Å². The van der Waals surface area contributed by atoms with Gasteiger partial charge in [0.05, 0.1) is 29.6 Å². The zero-order valence-corrected chi connectivity index (χ0v) is 20.9. The van der Waals surface area contributed by atoms with Crippen LogP contribution in [0.2, 0.25) is 0 Å². The van der Waals surface area contributed by atoms with E-state index in [0.29, 0.717) is 16.8 Å². The third-order valence-corrected chi connectivity index (χ3v) is 5.22. The Balaban J connectivity index is 1.76. The van der Waals surface area contributed by atoms with Gasteiger partial charge >= 0.3 is 17.9 Å². The number of aromatic nitrogens is 1. The lowest BCUT2D eigenvalue weighted by Gasteiger charge is -2.15. The van der Waals surface area contributed by atoms with Gasteiger partial charge in [-0.2, -0.15) is 5.10 Å². The molecule has 0 aliphatic rings. The van der Waals surface area contributed by atoms with Gasteiger partial charge in [0.15, 0.2) is 0 Å². The van der Waals surface area contributed by atoms with E-state index >= 15 is 0 Å². The van der Waals surface area contributed by atoms with Gasteiger partial charge in [0.25, 0.3) is 5.91 Å². The normalized spacial score (nSPS) is 10.7. The van der Waals surface area contributed by atoms with Crippen LogP contribution < -0.4 is 5.43 Å². The highest BCUT2D eigenvalue weighted by Crippen LogP contribution is 2.23.